The lowest BCUT2D eigenvalue weighted by Crippen LogP contribution is -2.49. The van der Waals surface area contributed by atoms with Gasteiger partial charge in [0.15, 0.2) is 0 Å². The molecule has 0 bridgehead atoms. The van der Waals surface area contributed by atoms with Gasteiger partial charge in [-0.25, -0.2) is 0 Å². The lowest BCUT2D eigenvalue weighted by atomic mass is 9.60. The van der Waals surface area contributed by atoms with Crippen molar-refractivity contribution in [3.8, 4) is 0 Å². The first kappa shape index (κ1) is 13.4. The standard InChI is InChI=1S/C15H30N2/c1-15(2,11-6-4-3-5-7-11)12-8-9-13(16)14(17)10-12/h11-14H,3-10,16-17H2,1-2H3. The van der Waals surface area contributed by atoms with Crippen molar-refractivity contribution >= 4 is 0 Å². The summed E-state index contributed by atoms with van der Waals surface area (Å²) in [5, 5.41) is 0. The van der Waals surface area contributed by atoms with Crippen LogP contribution in [-0.4, -0.2) is 12.1 Å². The summed E-state index contributed by atoms with van der Waals surface area (Å²) in [5.41, 5.74) is 12.7. The summed E-state index contributed by atoms with van der Waals surface area (Å²) in [4.78, 5) is 0. The van der Waals surface area contributed by atoms with Gasteiger partial charge in [0.05, 0.1) is 0 Å². The minimum Gasteiger partial charge on any atom is -0.326 e. The minimum absolute atomic E-state index is 0.233. The molecule has 2 aliphatic rings. The molecular formula is C15H30N2. The van der Waals surface area contributed by atoms with E-state index in [2.05, 4.69) is 13.8 Å². The molecule has 4 N–H and O–H groups in total. The van der Waals surface area contributed by atoms with Gasteiger partial charge in [0.2, 0.25) is 0 Å². The van der Waals surface area contributed by atoms with Crippen LogP contribution in [0.3, 0.4) is 0 Å². The molecular weight excluding hydrogens is 208 g/mol. The van der Waals surface area contributed by atoms with Crippen LogP contribution in [0.2, 0.25) is 0 Å². The predicted octanol–water partition coefficient (Wildman–Crippen LogP) is 3.05. The molecule has 0 aromatic heterocycles. The van der Waals surface area contributed by atoms with Gasteiger partial charge in [0.25, 0.3) is 0 Å². The van der Waals surface area contributed by atoms with Crippen molar-refractivity contribution in [3.63, 3.8) is 0 Å². The third-order valence-electron chi connectivity index (χ3n) is 5.66. The van der Waals surface area contributed by atoms with E-state index in [-0.39, 0.29) is 12.1 Å². The molecule has 2 heteroatoms. The van der Waals surface area contributed by atoms with Gasteiger partial charge in [-0.3, -0.25) is 0 Å². The average molecular weight is 238 g/mol. The molecule has 100 valence electrons. The van der Waals surface area contributed by atoms with E-state index in [4.69, 9.17) is 11.5 Å². The van der Waals surface area contributed by atoms with E-state index in [1.807, 2.05) is 0 Å². The zero-order valence-electron chi connectivity index (χ0n) is 11.6. The summed E-state index contributed by atoms with van der Waals surface area (Å²) < 4.78 is 0. The molecule has 0 spiro atoms. The van der Waals surface area contributed by atoms with E-state index in [9.17, 15) is 0 Å². The molecule has 2 aliphatic carbocycles. The van der Waals surface area contributed by atoms with Gasteiger partial charge < -0.3 is 11.5 Å². The number of hydrogen-bond acceptors (Lipinski definition) is 2. The first-order valence-corrected chi connectivity index (χ1v) is 7.53. The van der Waals surface area contributed by atoms with E-state index in [0.717, 1.165) is 24.7 Å². The van der Waals surface area contributed by atoms with E-state index in [1.165, 1.54) is 38.5 Å². The molecule has 0 aromatic rings. The molecule has 0 amide bonds. The second kappa shape index (κ2) is 5.27. The molecule has 3 unspecified atom stereocenters. The van der Waals surface area contributed by atoms with Gasteiger partial charge >= 0.3 is 0 Å². The maximum absolute atomic E-state index is 6.17. The quantitative estimate of drug-likeness (QED) is 0.777. The SMILES string of the molecule is CC(C)(C1CCCCC1)C1CCC(N)C(N)C1. The van der Waals surface area contributed by atoms with Crippen LogP contribution in [0.15, 0.2) is 0 Å². The molecule has 0 aliphatic heterocycles. The fourth-order valence-corrected chi connectivity index (χ4v) is 4.08. The van der Waals surface area contributed by atoms with E-state index in [1.54, 1.807) is 0 Å². The lowest BCUT2D eigenvalue weighted by Gasteiger charge is -2.47. The Hall–Kier alpha value is -0.0800. The fraction of sp³-hybridized carbons (Fsp3) is 1.00. The maximum atomic E-state index is 6.17. The molecule has 0 heterocycles. The van der Waals surface area contributed by atoms with Crippen molar-refractivity contribution in [1.29, 1.82) is 0 Å². The number of nitrogens with two attached hydrogens (primary N) is 2. The van der Waals surface area contributed by atoms with Gasteiger partial charge in [-0.05, 0) is 49.4 Å². The minimum atomic E-state index is 0.233. The summed E-state index contributed by atoms with van der Waals surface area (Å²) in [6.45, 7) is 4.97. The van der Waals surface area contributed by atoms with Crippen LogP contribution in [0.5, 0.6) is 0 Å². The van der Waals surface area contributed by atoms with Gasteiger partial charge in [-0.2, -0.15) is 0 Å². The second-order valence-electron chi connectivity index (χ2n) is 6.99. The highest BCUT2D eigenvalue weighted by atomic mass is 14.8. The highest BCUT2D eigenvalue weighted by molar-refractivity contribution is 4.94. The van der Waals surface area contributed by atoms with Crippen molar-refractivity contribution in [2.45, 2.75) is 77.3 Å². The van der Waals surface area contributed by atoms with Crippen LogP contribution in [-0.2, 0) is 0 Å². The Labute approximate surface area is 107 Å². The zero-order valence-corrected chi connectivity index (χ0v) is 11.6. The predicted molar refractivity (Wildman–Crippen MR) is 73.6 cm³/mol. The summed E-state index contributed by atoms with van der Waals surface area (Å²) in [5.74, 6) is 1.71. The van der Waals surface area contributed by atoms with Crippen LogP contribution in [0.1, 0.15) is 65.2 Å². The molecule has 2 rings (SSSR count). The Morgan fingerprint density at radius 1 is 0.765 bits per heavy atom. The average Bonchev–Trinajstić information content (AvgIpc) is 2.33. The summed E-state index contributed by atoms with van der Waals surface area (Å²) in [6.07, 6.45) is 10.8. The Morgan fingerprint density at radius 2 is 1.41 bits per heavy atom. The van der Waals surface area contributed by atoms with Gasteiger partial charge in [-0.1, -0.05) is 33.1 Å². The zero-order chi connectivity index (χ0) is 12.5. The first-order valence-electron chi connectivity index (χ1n) is 7.53. The number of rotatable bonds is 2. The molecule has 2 nitrogen and oxygen atoms in total. The summed E-state index contributed by atoms with van der Waals surface area (Å²) >= 11 is 0. The Kier molecular flexibility index (Phi) is 4.14. The highest BCUT2D eigenvalue weighted by Gasteiger charge is 2.40. The smallest absolute Gasteiger partial charge is 0.0195 e. The van der Waals surface area contributed by atoms with Gasteiger partial charge in [-0.15, -0.1) is 0 Å². The van der Waals surface area contributed by atoms with Gasteiger partial charge in [0.1, 0.15) is 0 Å². The topological polar surface area (TPSA) is 52.0 Å². The largest absolute Gasteiger partial charge is 0.326 e. The highest BCUT2D eigenvalue weighted by Crippen LogP contribution is 2.47. The van der Waals surface area contributed by atoms with E-state index in [0.29, 0.717) is 5.41 Å². The monoisotopic (exact) mass is 238 g/mol. The first-order chi connectivity index (χ1) is 8.01. The van der Waals surface area contributed by atoms with Crippen LogP contribution in [0, 0.1) is 17.3 Å². The molecule has 2 saturated carbocycles. The van der Waals surface area contributed by atoms with Crippen molar-refractivity contribution in [2.75, 3.05) is 0 Å². The third-order valence-corrected chi connectivity index (χ3v) is 5.66. The maximum Gasteiger partial charge on any atom is 0.0195 e. The molecule has 0 aromatic carbocycles. The Morgan fingerprint density at radius 3 is 2.00 bits per heavy atom. The van der Waals surface area contributed by atoms with E-state index >= 15 is 0 Å². The second-order valence-corrected chi connectivity index (χ2v) is 6.99. The van der Waals surface area contributed by atoms with Crippen LogP contribution >= 0.6 is 0 Å². The van der Waals surface area contributed by atoms with Crippen molar-refractivity contribution in [3.05, 3.63) is 0 Å². The normalized spacial score (nSPS) is 37.1. The van der Waals surface area contributed by atoms with Crippen LogP contribution < -0.4 is 11.5 Å². The molecule has 17 heavy (non-hydrogen) atoms. The van der Waals surface area contributed by atoms with E-state index < -0.39 is 0 Å². The van der Waals surface area contributed by atoms with Crippen molar-refractivity contribution in [2.24, 2.45) is 28.7 Å². The van der Waals surface area contributed by atoms with Crippen molar-refractivity contribution in [1.82, 2.24) is 0 Å². The number of hydrogen-bond donors (Lipinski definition) is 2. The van der Waals surface area contributed by atoms with Crippen molar-refractivity contribution < 1.29 is 0 Å². The summed E-state index contributed by atoms with van der Waals surface area (Å²) in [6, 6.07) is 0.477. The molecule has 2 fully saturated rings. The van der Waals surface area contributed by atoms with Crippen LogP contribution in [0.4, 0.5) is 0 Å². The summed E-state index contributed by atoms with van der Waals surface area (Å²) in [7, 11) is 0. The molecule has 0 radical (unpaired) electrons. The Bertz CT molecular complexity index is 243. The molecule has 3 atom stereocenters. The van der Waals surface area contributed by atoms with Gasteiger partial charge in [0, 0.05) is 12.1 Å². The third kappa shape index (κ3) is 2.85. The lowest BCUT2D eigenvalue weighted by molar-refractivity contribution is 0.0498. The van der Waals surface area contributed by atoms with Crippen LogP contribution in [0.25, 0.3) is 0 Å². The fourth-order valence-electron chi connectivity index (χ4n) is 4.08. The Balaban J connectivity index is 1.99. The molecule has 0 saturated heterocycles.